The lowest BCUT2D eigenvalue weighted by Crippen LogP contribution is -2.16. The van der Waals surface area contributed by atoms with Gasteiger partial charge in [-0.15, -0.1) is 11.3 Å². The van der Waals surface area contributed by atoms with Crippen LogP contribution >= 0.6 is 11.3 Å². The van der Waals surface area contributed by atoms with Crippen LogP contribution < -0.4 is 10.5 Å². The van der Waals surface area contributed by atoms with Crippen molar-refractivity contribution in [2.24, 2.45) is 5.73 Å². The first-order valence-electron chi connectivity index (χ1n) is 6.25. The lowest BCUT2D eigenvalue weighted by atomic mass is 10.2. The van der Waals surface area contributed by atoms with Crippen LogP contribution in [0.25, 0.3) is 0 Å². The lowest BCUT2D eigenvalue weighted by Gasteiger charge is -2.07. The molecule has 0 aliphatic rings. The third-order valence-corrected chi connectivity index (χ3v) is 4.07. The molecule has 2 aromatic rings. The van der Waals surface area contributed by atoms with Gasteiger partial charge in [0.1, 0.15) is 5.75 Å². The van der Waals surface area contributed by atoms with E-state index in [1.807, 2.05) is 13.0 Å². The molecule has 0 unspecified atom stereocenters. The van der Waals surface area contributed by atoms with Gasteiger partial charge in [0.05, 0.1) is 10.4 Å². The number of carbonyl (C=O) groups is 2. The Hall–Kier alpha value is -2.14. The monoisotopic (exact) mass is 289 g/mol. The summed E-state index contributed by atoms with van der Waals surface area (Å²) in [7, 11) is 0. The highest BCUT2D eigenvalue weighted by molar-refractivity contribution is 7.14. The zero-order chi connectivity index (χ0) is 14.5. The van der Waals surface area contributed by atoms with Crippen LogP contribution in [0.15, 0.2) is 36.4 Å². The van der Waals surface area contributed by atoms with Crippen LogP contribution in [0.2, 0.25) is 0 Å². The molecular formula is C15H15NO3S. The van der Waals surface area contributed by atoms with Gasteiger partial charge in [-0.2, -0.15) is 0 Å². The highest BCUT2D eigenvalue weighted by atomic mass is 32.1. The Morgan fingerprint density at radius 3 is 2.60 bits per heavy atom. The zero-order valence-electron chi connectivity index (χ0n) is 11.1. The van der Waals surface area contributed by atoms with Gasteiger partial charge in [0.25, 0.3) is 5.91 Å². The van der Waals surface area contributed by atoms with Crippen molar-refractivity contribution in [3.05, 3.63) is 51.7 Å². The smallest absolute Gasteiger partial charge is 0.252 e. The Bertz CT molecular complexity index is 634. The van der Waals surface area contributed by atoms with E-state index in [1.165, 1.54) is 11.3 Å². The van der Waals surface area contributed by atoms with Gasteiger partial charge in [-0.1, -0.05) is 19.1 Å². The summed E-state index contributed by atoms with van der Waals surface area (Å²) in [6.45, 7) is 1.94. The molecule has 0 saturated heterocycles. The molecule has 0 saturated carbocycles. The second kappa shape index (κ2) is 6.34. The normalized spacial score (nSPS) is 10.2. The van der Waals surface area contributed by atoms with E-state index in [0.29, 0.717) is 10.6 Å². The summed E-state index contributed by atoms with van der Waals surface area (Å²) in [5.74, 6) is -0.341. The summed E-state index contributed by atoms with van der Waals surface area (Å²) < 4.78 is 5.41. The number of ether oxygens (including phenoxy) is 1. The summed E-state index contributed by atoms with van der Waals surface area (Å²) in [4.78, 5) is 25.1. The van der Waals surface area contributed by atoms with Gasteiger partial charge in [-0.05, 0) is 30.7 Å². The Kier molecular flexibility index (Phi) is 4.53. The maximum Gasteiger partial charge on any atom is 0.252 e. The van der Waals surface area contributed by atoms with Crippen LogP contribution in [0.3, 0.4) is 0 Å². The van der Waals surface area contributed by atoms with Crippen LogP contribution in [-0.2, 0) is 6.42 Å². The Labute approximate surface area is 121 Å². The number of carbonyl (C=O) groups excluding carboxylic acids is 2. The number of hydrogen-bond acceptors (Lipinski definition) is 4. The van der Waals surface area contributed by atoms with Crippen molar-refractivity contribution in [3.63, 3.8) is 0 Å². The molecule has 0 bridgehead atoms. The fourth-order valence-electron chi connectivity index (χ4n) is 1.73. The summed E-state index contributed by atoms with van der Waals surface area (Å²) in [5, 5.41) is 0. The number of aryl methyl sites for hydroxylation is 1. The quantitative estimate of drug-likeness (QED) is 0.831. The minimum Gasteiger partial charge on any atom is -0.485 e. The molecule has 1 amide bonds. The van der Waals surface area contributed by atoms with E-state index in [1.54, 1.807) is 30.3 Å². The summed E-state index contributed by atoms with van der Waals surface area (Å²) >= 11 is 1.47. The average Bonchev–Trinajstić information content (AvgIpc) is 2.94. The van der Waals surface area contributed by atoms with E-state index >= 15 is 0 Å². The molecular weight excluding hydrogens is 274 g/mol. The molecule has 5 heteroatoms. The Morgan fingerprint density at radius 2 is 1.95 bits per heavy atom. The molecule has 20 heavy (non-hydrogen) atoms. The van der Waals surface area contributed by atoms with Crippen molar-refractivity contribution < 1.29 is 14.3 Å². The number of hydrogen-bond donors (Lipinski definition) is 1. The van der Waals surface area contributed by atoms with Crippen LogP contribution in [0.4, 0.5) is 0 Å². The fourth-order valence-corrected chi connectivity index (χ4v) is 2.60. The van der Waals surface area contributed by atoms with Crippen molar-refractivity contribution in [1.29, 1.82) is 0 Å². The van der Waals surface area contributed by atoms with Crippen molar-refractivity contribution in [2.45, 2.75) is 13.3 Å². The molecule has 0 radical (unpaired) electrons. The van der Waals surface area contributed by atoms with Gasteiger partial charge in [0.2, 0.25) is 5.78 Å². The van der Waals surface area contributed by atoms with E-state index < -0.39 is 5.91 Å². The number of rotatable bonds is 6. The van der Waals surface area contributed by atoms with Crippen molar-refractivity contribution in [3.8, 4) is 5.75 Å². The molecule has 2 rings (SSSR count). The van der Waals surface area contributed by atoms with Gasteiger partial charge in [0, 0.05) is 4.88 Å². The maximum absolute atomic E-state index is 12.0. The number of thiophene rings is 1. The van der Waals surface area contributed by atoms with Crippen LogP contribution in [0.5, 0.6) is 5.75 Å². The Morgan fingerprint density at radius 1 is 1.20 bits per heavy atom. The van der Waals surface area contributed by atoms with Gasteiger partial charge >= 0.3 is 0 Å². The molecule has 2 N–H and O–H groups in total. The first-order chi connectivity index (χ1) is 9.61. The summed E-state index contributed by atoms with van der Waals surface area (Å²) in [6.07, 6.45) is 0.906. The third kappa shape index (κ3) is 3.24. The zero-order valence-corrected chi connectivity index (χ0v) is 11.9. The third-order valence-electron chi connectivity index (χ3n) is 2.80. The summed E-state index contributed by atoms with van der Waals surface area (Å²) in [5.41, 5.74) is 5.53. The summed E-state index contributed by atoms with van der Waals surface area (Å²) in [6, 6.07) is 10.4. The van der Waals surface area contributed by atoms with Gasteiger partial charge in [-0.3, -0.25) is 9.59 Å². The largest absolute Gasteiger partial charge is 0.485 e. The van der Waals surface area contributed by atoms with E-state index in [2.05, 4.69) is 0 Å². The number of benzene rings is 1. The fraction of sp³-hybridized carbons (Fsp3) is 0.200. The van der Waals surface area contributed by atoms with Crippen LogP contribution in [-0.4, -0.2) is 18.3 Å². The molecule has 104 valence electrons. The molecule has 0 aliphatic heterocycles. The lowest BCUT2D eigenvalue weighted by molar-refractivity contribution is 0.0916. The SMILES string of the molecule is CCc1ccc(C(=O)COc2ccccc2C(N)=O)s1. The first kappa shape index (κ1) is 14.3. The van der Waals surface area contributed by atoms with Gasteiger partial charge < -0.3 is 10.5 Å². The minimum absolute atomic E-state index is 0.103. The molecule has 1 aromatic carbocycles. The topological polar surface area (TPSA) is 69.4 Å². The average molecular weight is 289 g/mol. The predicted molar refractivity (Wildman–Crippen MR) is 78.5 cm³/mol. The molecule has 0 atom stereocenters. The van der Waals surface area contributed by atoms with Crippen molar-refractivity contribution in [2.75, 3.05) is 6.61 Å². The number of Topliss-reactive ketones (excluding diaryl/α,β-unsaturated/α-hetero) is 1. The second-order valence-corrected chi connectivity index (χ2v) is 5.36. The molecule has 4 nitrogen and oxygen atoms in total. The van der Waals surface area contributed by atoms with E-state index in [0.717, 1.165) is 11.3 Å². The molecule has 0 spiro atoms. The minimum atomic E-state index is -0.572. The maximum atomic E-state index is 12.0. The van der Waals surface area contributed by atoms with E-state index in [9.17, 15) is 9.59 Å². The van der Waals surface area contributed by atoms with Crippen molar-refractivity contribution >= 4 is 23.0 Å². The van der Waals surface area contributed by atoms with Gasteiger partial charge in [0.15, 0.2) is 6.61 Å². The van der Waals surface area contributed by atoms with Crippen molar-refractivity contribution in [1.82, 2.24) is 0 Å². The number of primary amides is 1. The van der Waals surface area contributed by atoms with Gasteiger partial charge in [-0.25, -0.2) is 0 Å². The molecule has 1 heterocycles. The molecule has 1 aromatic heterocycles. The van der Waals surface area contributed by atoms with E-state index in [-0.39, 0.29) is 18.0 Å². The molecule has 0 fully saturated rings. The standard InChI is InChI=1S/C15H15NO3S/c1-2-10-7-8-14(20-10)12(17)9-19-13-6-4-3-5-11(13)15(16)18/h3-8H,2,9H2,1H3,(H2,16,18). The predicted octanol–water partition coefficient (Wildman–Crippen LogP) is 2.67. The Balaban J connectivity index is 2.05. The number of ketones is 1. The second-order valence-electron chi connectivity index (χ2n) is 4.19. The highest BCUT2D eigenvalue weighted by Crippen LogP contribution is 2.20. The highest BCUT2D eigenvalue weighted by Gasteiger charge is 2.13. The number of para-hydroxylation sites is 1. The van der Waals surface area contributed by atoms with Crippen LogP contribution in [0.1, 0.15) is 31.8 Å². The number of amides is 1. The number of nitrogens with two attached hydrogens (primary N) is 1. The first-order valence-corrected chi connectivity index (χ1v) is 7.07. The van der Waals surface area contributed by atoms with E-state index in [4.69, 9.17) is 10.5 Å². The molecule has 0 aliphatic carbocycles. The van der Waals surface area contributed by atoms with Crippen LogP contribution in [0, 0.1) is 0 Å².